The second-order valence-electron chi connectivity index (χ2n) is 7.95. The van der Waals surface area contributed by atoms with E-state index in [9.17, 15) is 25.1 Å². The second kappa shape index (κ2) is 14.3. The van der Waals surface area contributed by atoms with Crippen molar-refractivity contribution in [2.45, 2.75) is 52.2 Å². The largest absolute Gasteiger partial charge is 0.489 e. The van der Waals surface area contributed by atoms with Crippen LogP contribution >= 0.6 is 11.6 Å². The van der Waals surface area contributed by atoms with Crippen LogP contribution in [0.1, 0.15) is 54.7 Å². The summed E-state index contributed by atoms with van der Waals surface area (Å²) in [5.74, 6) is 0.851. The van der Waals surface area contributed by atoms with E-state index in [1.165, 1.54) is 11.0 Å². The van der Waals surface area contributed by atoms with E-state index in [0.717, 1.165) is 12.0 Å². The third-order valence-electron chi connectivity index (χ3n) is 5.23. The van der Waals surface area contributed by atoms with Gasteiger partial charge < -0.3 is 20.3 Å². The fourth-order valence-electron chi connectivity index (χ4n) is 3.46. The first kappa shape index (κ1) is 28.1. The van der Waals surface area contributed by atoms with Gasteiger partial charge in [-0.15, -0.1) is 11.6 Å². The summed E-state index contributed by atoms with van der Waals surface area (Å²) < 4.78 is 5.70. The number of halogens is 1. The van der Waals surface area contributed by atoms with E-state index >= 15 is 0 Å². The molecule has 0 aliphatic carbocycles. The number of aryl methyl sites for hydroxylation is 1. The predicted octanol–water partition coefficient (Wildman–Crippen LogP) is 3.50. The Hall–Kier alpha value is -3.19. The minimum absolute atomic E-state index is 0.0595. The first-order valence-corrected chi connectivity index (χ1v) is 11.9. The van der Waals surface area contributed by atoms with E-state index < -0.39 is 12.1 Å². The molecule has 1 atom stereocenters. The van der Waals surface area contributed by atoms with Gasteiger partial charge in [0.05, 0.1) is 18.3 Å². The molecule has 1 aromatic rings. The third-order valence-corrected chi connectivity index (χ3v) is 5.45. The maximum absolute atomic E-state index is 13.1. The van der Waals surface area contributed by atoms with Gasteiger partial charge in [-0.2, -0.15) is 5.26 Å². The molecule has 0 spiro atoms. The number of aromatic nitrogens is 1. The Morgan fingerprint density at radius 2 is 2.26 bits per heavy atom. The molecule has 1 aromatic heterocycles. The molecule has 10 heteroatoms. The number of alkyl halides is 1. The zero-order chi connectivity index (χ0) is 25.8. The van der Waals surface area contributed by atoms with Gasteiger partial charge in [0.1, 0.15) is 29.9 Å². The summed E-state index contributed by atoms with van der Waals surface area (Å²) in [7, 11) is 0. The van der Waals surface area contributed by atoms with Crippen LogP contribution in [0.25, 0.3) is 0 Å². The highest BCUT2D eigenvalue weighted by molar-refractivity contribution is 6.17. The number of carbonyl (C=O) groups is 2. The van der Waals surface area contributed by atoms with Crippen molar-refractivity contribution in [3.8, 4) is 6.07 Å². The molecule has 0 radical (unpaired) electrons. The summed E-state index contributed by atoms with van der Waals surface area (Å²) in [6, 6.07) is 3.33. The summed E-state index contributed by atoms with van der Waals surface area (Å²) in [6.07, 6.45) is 7.14. The maximum Gasteiger partial charge on any atom is 0.327 e. The molecule has 1 aliphatic rings. The van der Waals surface area contributed by atoms with E-state index in [2.05, 4.69) is 16.4 Å². The van der Waals surface area contributed by atoms with Crippen molar-refractivity contribution in [1.29, 1.82) is 5.26 Å². The summed E-state index contributed by atoms with van der Waals surface area (Å²) in [5.41, 5.74) is 1.94. The molecule has 0 bridgehead atoms. The van der Waals surface area contributed by atoms with Gasteiger partial charge in [0.25, 0.3) is 0 Å². The molecule has 3 N–H and O–H groups in total. The molecule has 2 heterocycles. The van der Waals surface area contributed by atoms with Crippen molar-refractivity contribution < 1.29 is 24.5 Å². The van der Waals surface area contributed by atoms with Crippen molar-refractivity contribution in [3.63, 3.8) is 0 Å². The highest BCUT2D eigenvalue weighted by Gasteiger charge is 2.26. The van der Waals surface area contributed by atoms with Gasteiger partial charge >= 0.3 is 6.03 Å². The van der Waals surface area contributed by atoms with Gasteiger partial charge in [0.15, 0.2) is 6.29 Å². The Bertz CT molecular complexity index is 1050. The molecule has 1 aliphatic heterocycles. The van der Waals surface area contributed by atoms with Gasteiger partial charge in [-0.25, -0.2) is 9.78 Å². The Labute approximate surface area is 210 Å². The molecule has 0 saturated heterocycles. The first-order chi connectivity index (χ1) is 16.9. The van der Waals surface area contributed by atoms with Crippen molar-refractivity contribution >= 4 is 29.7 Å². The van der Waals surface area contributed by atoms with Crippen molar-refractivity contribution in [2.24, 2.45) is 0 Å². The molecule has 0 aromatic carbocycles. The van der Waals surface area contributed by atoms with Crippen LogP contribution < -0.4 is 10.2 Å². The van der Waals surface area contributed by atoms with Gasteiger partial charge in [-0.3, -0.25) is 9.69 Å². The topological polar surface area (TPSA) is 136 Å². The van der Waals surface area contributed by atoms with Crippen LogP contribution in [0.3, 0.4) is 0 Å². The molecular formula is C25H31ClN4O5. The number of ether oxygens (including phenoxy) is 1. The van der Waals surface area contributed by atoms with Crippen molar-refractivity contribution in [2.75, 3.05) is 23.9 Å². The van der Waals surface area contributed by atoms with Crippen molar-refractivity contribution in [1.82, 2.24) is 10.3 Å². The fourth-order valence-corrected chi connectivity index (χ4v) is 3.71. The highest BCUT2D eigenvalue weighted by Crippen LogP contribution is 2.27. The Balaban J connectivity index is 2.30. The number of anilines is 1. The fraction of sp³-hybridized carbons (Fsp3) is 0.440. The molecule has 1 unspecified atom stereocenters. The number of urea groups is 1. The normalized spacial score (nSPS) is 15.2. The molecule has 0 saturated carbocycles. The Morgan fingerprint density at radius 1 is 1.49 bits per heavy atom. The van der Waals surface area contributed by atoms with Crippen LogP contribution in [-0.4, -0.2) is 52.6 Å². The zero-order valence-corrected chi connectivity index (χ0v) is 20.7. The lowest BCUT2D eigenvalue weighted by Gasteiger charge is -2.29. The number of nitrogens with one attached hydrogen (secondary N) is 1. The third kappa shape index (κ3) is 7.92. The standard InChI is InChI=1S/C25H31ClN4O5/c1-3-4-6-19(13-27)23(35-16-21(33)8-9-26)11-17(2)28-25(34)30-10-5-7-18-12-20(14-31)22(15-32)29-24(18)30/h4,6,11-12,15,21,31,33H,3,5,7-10,14,16H2,1-2H3,(H,28,34)/b6-4+,17-11+,23-19-. The second-order valence-corrected chi connectivity index (χ2v) is 8.32. The monoisotopic (exact) mass is 502 g/mol. The number of rotatable bonds is 11. The zero-order valence-electron chi connectivity index (χ0n) is 20.0. The highest BCUT2D eigenvalue weighted by atomic mass is 35.5. The number of nitrogens with zero attached hydrogens (tertiary/aromatic N) is 3. The minimum atomic E-state index is -0.798. The minimum Gasteiger partial charge on any atom is -0.489 e. The van der Waals surface area contributed by atoms with Crippen LogP contribution in [0.4, 0.5) is 10.6 Å². The SMILES string of the molecule is CC/C=C/C(C#N)=C(\C=C(/C)NC(=O)N1CCCc2cc(CO)c(C=O)nc21)OCC(O)CCCl. The van der Waals surface area contributed by atoms with E-state index in [1.807, 2.05) is 6.92 Å². The maximum atomic E-state index is 13.1. The number of aldehydes is 1. The van der Waals surface area contributed by atoms with E-state index in [1.54, 1.807) is 25.1 Å². The number of nitriles is 1. The Kier molecular flexibility index (Phi) is 11.4. The van der Waals surface area contributed by atoms with Crippen LogP contribution in [0.5, 0.6) is 0 Å². The average Bonchev–Trinajstić information content (AvgIpc) is 2.86. The quantitative estimate of drug-likeness (QED) is 0.138. The average molecular weight is 503 g/mol. The van der Waals surface area contributed by atoms with E-state index in [-0.39, 0.29) is 36.1 Å². The number of aliphatic hydroxyl groups excluding tert-OH is 2. The molecule has 0 fully saturated rings. The Morgan fingerprint density at radius 3 is 2.89 bits per heavy atom. The lowest BCUT2D eigenvalue weighted by atomic mass is 10.0. The molecule has 188 valence electrons. The van der Waals surface area contributed by atoms with Crippen molar-refractivity contribution in [3.05, 3.63) is 58.1 Å². The van der Waals surface area contributed by atoms with Crippen LogP contribution in [0.15, 0.2) is 41.3 Å². The number of fused-ring (bicyclic) bond motifs is 1. The molecule has 35 heavy (non-hydrogen) atoms. The van der Waals surface area contributed by atoms with E-state index in [4.69, 9.17) is 16.3 Å². The van der Waals surface area contributed by atoms with Gasteiger partial charge in [0, 0.05) is 29.8 Å². The number of amides is 2. The lowest BCUT2D eigenvalue weighted by Crippen LogP contribution is -2.43. The van der Waals surface area contributed by atoms with E-state index in [0.29, 0.717) is 49.2 Å². The van der Waals surface area contributed by atoms with Gasteiger partial charge in [-0.05, 0) is 50.3 Å². The number of hydrogen-bond acceptors (Lipinski definition) is 7. The smallest absolute Gasteiger partial charge is 0.327 e. The number of aliphatic hydroxyl groups is 2. The first-order valence-electron chi connectivity index (χ1n) is 11.4. The van der Waals surface area contributed by atoms with Gasteiger partial charge in [0.2, 0.25) is 0 Å². The summed E-state index contributed by atoms with van der Waals surface area (Å²) in [4.78, 5) is 30.2. The van der Waals surface area contributed by atoms with Crippen LogP contribution in [0.2, 0.25) is 0 Å². The summed E-state index contributed by atoms with van der Waals surface area (Å²) >= 11 is 5.67. The molecular weight excluding hydrogens is 472 g/mol. The number of allylic oxidation sites excluding steroid dienone is 5. The molecule has 2 rings (SSSR count). The van der Waals surface area contributed by atoms with Crippen LogP contribution in [0, 0.1) is 11.3 Å². The van der Waals surface area contributed by atoms with Gasteiger partial charge in [-0.1, -0.05) is 13.0 Å². The summed E-state index contributed by atoms with van der Waals surface area (Å²) in [5, 5.41) is 31.8. The number of hydrogen-bond donors (Lipinski definition) is 3. The molecule has 2 amide bonds. The molecule has 9 nitrogen and oxygen atoms in total. The summed E-state index contributed by atoms with van der Waals surface area (Å²) in [6.45, 7) is 3.61. The number of carbonyl (C=O) groups excluding carboxylic acids is 2. The predicted molar refractivity (Wildman–Crippen MR) is 133 cm³/mol. The lowest BCUT2D eigenvalue weighted by molar-refractivity contribution is 0.0732. The number of pyridine rings is 1. The van der Waals surface area contributed by atoms with Crippen LogP contribution in [-0.2, 0) is 17.8 Å².